The first-order chi connectivity index (χ1) is 9.17. The zero-order chi connectivity index (χ0) is 13.8. The summed E-state index contributed by atoms with van der Waals surface area (Å²) in [7, 11) is 1.39. The van der Waals surface area contributed by atoms with Crippen molar-refractivity contribution in [1.82, 2.24) is 5.43 Å². The Morgan fingerprint density at radius 3 is 2.37 bits per heavy atom. The lowest BCUT2D eigenvalue weighted by atomic mass is 9.98. The lowest BCUT2D eigenvalue weighted by molar-refractivity contribution is 0.381. The average molecular weight is 264 g/mol. The van der Waals surface area contributed by atoms with E-state index in [1.807, 2.05) is 0 Å². The van der Waals surface area contributed by atoms with Gasteiger partial charge in [-0.2, -0.15) is 0 Å². The number of hydrogen-bond acceptors (Lipinski definition) is 3. The van der Waals surface area contributed by atoms with Gasteiger partial charge in [0.05, 0.1) is 13.2 Å². The minimum absolute atomic E-state index is 0.139. The summed E-state index contributed by atoms with van der Waals surface area (Å²) in [5.74, 6) is 4.78. The van der Waals surface area contributed by atoms with Crippen LogP contribution in [0.1, 0.15) is 17.2 Å². The van der Waals surface area contributed by atoms with Crippen molar-refractivity contribution in [1.29, 1.82) is 0 Å². The highest BCUT2D eigenvalue weighted by Gasteiger charge is 2.19. The summed E-state index contributed by atoms with van der Waals surface area (Å²) < 4.78 is 32.0. The summed E-state index contributed by atoms with van der Waals surface area (Å²) in [5, 5.41) is 0. The predicted molar refractivity (Wildman–Crippen MR) is 68.5 cm³/mol. The summed E-state index contributed by atoms with van der Waals surface area (Å²) in [6.07, 6.45) is 0. The van der Waals surface area contributed by atoms with Crippen LogP contribution in [0.2, 0.25) is 0 Å². The lowest BCUT2D eigenvalue weighted by Crippen LogP contribution is -2.29. The number of nitrogens with one attached hydrogen (secondary N) is 1. The molecule has 0 aliphatic heterocycles. The van der Waals surface area contributed by atoms with Gasteiger partial charge in [-0.25, -0.2) is 14.2 Å². The van der Waals surface area contributed by atoms with Gasteiger partial charge in [-0.3, -0.25) is 5.84 Å². The molecule has 2 rings (SSSR count). The molecule has 0 aromatic heterocycles. The Balaban J connectivity index is 2.45. The van der Waals surface area contributed by atoms with E-state index < -0.39 is 11.9 Å². The van der Waals surface area contributed by atoms with Gasteiger partial charge >= 0.3 is 0 Å². The number of nitrogens with two attached hydrogens (primary N) is 1. The van der Waals surface area contributed by atoms with Gasteiger partial charge in [0.15, 0.2) is 11.6 Å². The topological polar surface area (TPSA) is 47.3 Å². The Labute approximate surface area is 110 Å². The van der Waals surface area contributed by atoms with Crippen LogP contribution in [-0.2, 0) is 0 Å². The molecule has 2 aromatic rings. The quantitative estimate of drug-likeness (QED) is 0.659. The van der Waals surface area contributed by atoms with Crippen LogP contribution in [0.4, 0.5) is 8.78 Å². The highest BCUT2D eigenvalue weighted by atomic mass is 19.1. The van der Waals surface area contributed by atoms with E-state index in [0.29, 0.717) is 11.1 Å². The van der Waals surface area contributed by atoms with Gasteiger partial charge in [-0.05, 0) is 23.8 Å². The second kappa shape index (κ2) is 5.77. The van der Waals surface area contributed by atoms with Gasteiger partial charge in [0, 0.05) is 5.56 Å². The monoisotopic (exact) mass is 264 g/mol. The number of hydrazine groups is 1. The Bertz CT molecular complexity index is 558. The third kappa shape index (κ3) is 2.72. The molecule has 0 bridgehead atoms. The lowest BCUT2D eigenvalue weighted by Gasteiger charge is -2.18. The summed E-state index contributed by atoms with van der Waals surface area (Å²) in [4.78, 5) is 0. The van der Waals surface area contributed by atoms with Gasteiger partial charge < -0.3 is 4.74 Å². The number of benzene rings is 2. The van der Waals surface area contributed by atoms with Gasteiger partial charge in [-0.1, -0.05) is 24.3 Å². The van der Waals surface area contributed by atoms with Crippen LogP contribution in [0.15, 0.2) is 42.5 Å². The van der Waals surface area contributed by atoms with Crippen molar-refractivity contribution in [2.75, 3.05) is 7.11 Å². The van der Waals surface area contributed by atoms with Crippen molar-refractivity contribution in [3.8, 4) is 5.75 Å². The Hall–Kier alpha value is -1.98. The van der Waals surface area contributed by atoms with Crippen molar-refractivity contribution in [3.05, 3.63) is 65.2 Å². The fourth-order valence-corrected chi connectivity index (χ4v) is 1.93. The van der Waals surface area contributed by atoms with Crippen LogP contribution in [0.3, 0.4) is 0 Å². The third-order valence-corrected chi connectivity index (χ3v) is 2.89. The molecule has 0 aliphatic rings. The maximum Gasteiger partial charge on any atom is 0.170 e. The van der Waals surface area contributed by atoms with Crippen molar-refractivity contribution in [2.24, 2.45) is 5.84 Å². The standard InChI is InChI=1S/C14H14F2N2O/c1-19-12-4-2-3-11(13(12)16)14(18-17)9-5-7-10(15)8-6-9/h2-8,14,18H,17H2,1H3. The molecule has 5 heteroatoms. The first kappa shape index (κ1) is 13.5. The largest absolute Gasteiger partial charge is 0.494 e. The van der Waals surface area contributed by atoms with Crippen molar-refractivity contribution < 1.29 is 13.5 Å². The number of hydrogen-bond donors (Lipinski definition) is 2. The molecule has 0 aliphatic carbocycles. The van der Waals surface area contributed by atoms with Crippen LogP contribution in [0.25, 0.3) is 0 Å². The fraction of sp³-hybridized carbons (Fsp3) is 0.143. The summed E-state index contributed by atoms with van der Waals surface area (Å²) in [6.45, 7) is 0. The molecule has 1 atom stereocenters. The highest BCUT2D eigenvalue weighted by Crippen LogP contribution is 2.28. The van der Waals surface area contributed by atoms with E-state index in [1.54, 1.807) is 24.3 Å². The van der Waals surface area contributed by atoms with E-state index in [2.05, 4.69) is 5.43 Å². The van der Waals surface area contributed by atoms with Crippen molar-refractivity contribution in [2.45, 2.75) is 6.04 Å². The molecule has 2 aromatic carbocycles. The number of ether oxygens (including phenoxy) is 1. The minimum Gasteiger partial charge on any atom is -0.494 e. The molecule has 0 spiro atoms. The van der Waals surface area contributed by atoms with Gasteiger partial charge in [0.2, 0.25) is 0 Å². The molecule has 0 fully saturated rings. The SMILES string of the molecule is COc1cccc(C(NN)c2ccc(F)cc2)c1F. The number of halogens is 2. The van der Waals surface area contributed by atoms with Crippen LogP contribution in [0.5, 0.6) is 5.75 Å². The van der Waals surface area contributed by atoms with E-state index in [9.17, 15) is 8.78 Å². The molecule has 0 heterocycles. The van der Waals surface area contributed by atoms with E-state index in [1.165, 1.54) is 25.3 Å². The zero-order valence-electron chi connectivity index (χ0n) is 10.4. The second-order valence-electron chi connectivity index (χ2n) is 4.01. The zero-order valence-corrected chi connectivity index (χ0v) is 10.4. The summed E-state index contributed by atoms with van der Waals surface area (Å²) in [5.41, 5.74) is 3.53. The van der Waals surface area contributed by atoms with Crippen LogP contribution < -0.4 is 16.0 Å². The average Bonchev–Trinajstić information content (AvgIpc) is 2.43. The molecule has 100 valence electrons. The molecule has 0 radical (unpaired) electrons. The summed E-state index contributed by atoms with van der Waals surface area (Å²) >= 11 is 0. The van der Waals surface area contributed by atoms with E-state index >= 15 is 0 Å². The van der Waals surface area contributed by atoms with E-state index in [4.69, 9.17) is 10.6 Å². The first-order valence-electron chi connectivity index (χ1n) is 5.71. The van der Waals surface area contributed by atoms with Crippen molar-refractivity contribution >= 4 is 0 Å². The minimum atomic E-state index is -0.573. The normalized spacial score (nSPS) is 12.2. The molecule has 3 N–H and O–H groups in total. The molecular weight excluding hydrogens is 250 g/mol. The highest BCUT2D eigenvalue weighted by molar-refractivity contribution is 5.38. The van der Waals surface area contributed by atoms with E-state index in [0.717, 1.165) is 0 Å². The van der Waals surface area contributed by atoms with Crippen LogP contribution in [0, 0.1) is 11.6 Å². The molecule has 0 saturated heterocycles. The molecule has 3 nitrogen and oxygen atoms in total. The number of rotatable bonds is 4. The van der Waals surface area contributed by atoms with Crippen molar-refractivity contribution in [3.63, 3.8) is 0 Å². The molecule has 0 amide bonds. The Morgan fingerprint density at radius 2 is 1.79 bits per heavy atom. The molecule has 19 heavy (non-hydrogen) atoms. The Kier molecular flexibility index (Phi) is 4.09. The van der Waals surface area contributed by atoms with Gasteiger partial charge in [-0.15, -0.1) is 0 Å². The van der Waals surface area contributed by atoms with Crippen LogP contribution in [-0.4, -0.2) is 7.11 Å². The van der Waals surface area contributed by atoms with Gasteiger partial charge in [0.25, 0.3) is 0 Å². The maximum absolute atomic E-state index is 14.2. The molecular formula is C14H14F2N2O. The first-order valence-corrected chi connectivity index (χ1v) is 5.71. The summed E-state index contributed by atoms with van der Waals surface area (Å²) in [6, 6.07) is 9.94. The third-order valence-electron chi connectivity index (χ3n) is 2.89. The molecule has 1 unspecified atom stereocenters. The predicted octanol–water partition coefficient (Wildman–Crippen LogP) is 2.53. The second-order valence-corrected chi connectivity index (χ2v) is 4.01. The Morgan fingerprint density at radius 1 is 1.11 bits per heavy atom. The molecule has 0 saturated carbocycles. The van der Waals surface area contributed by atoms with E-state index in [-0.39, 0.29) is 11.6 Å². The fourth-order valence-electron chi connectivity index (χ4n) is 1.93. The number of methoxy groups -OCH3 is 1. The smallest absolute Gasteiger partial charge is 0.170 e. The van der Waals surface area contributed by atoms with Crippen LogP contribution >= 0.6 is 0 Å². The van der Waals surface area contributed by atoms with Gasteiger partial charge in [0.1, 0.15) is 5.82 Å². The maximum atomic E-state index is 14.2.